The number of hydrogen-bond donors (Lipinski definition) is 0. The van der Waals surface area contributed by atoms with Crippen LogP contribution in [0.25, 0.3) is 0 Å². The number of halogens is 2. The molecule has 2 rings (SSSR count). The number of rotatable bonds is 5. The van der Waals surface area contributed by atoms with Gasteiger partial charge in [-0.05, 0) is 48.5 Å². The maximum Gasteiger partial charge on any atom is 0.264 e. The number of anilines is 1. The van der Waals surface area contributed by atoms with Gasteiger partial charge in [0.15, 0.2) is 0 Å². The standard InChI is InChI=1S/C15H13Cl2NO2S/c1-2-11-18(14-7-3-12(16)4-8-14)21(19,20)15-9-5-13(17)6-10-15/h2-10H,1,11H2. The largest absolute Gasteiger partial charge is 0.264 e. The fourth-order valence-electron chi connectivity index (χ4n) is 1.80. The predicted octanol–water partition coefficient (Wildman–Crippen LogP) is 4.37. The summed E-state index contributed by atoms with van der Waals surface area (Å²) in [4.78, 5) is 0.170. The van der Waals surface area contributed by atoms with Crippen molar-refractivity contribution >= 4 is 38.9 Å². The van der Waals surface area contributed by atoms with E-state index >= 15 is 0 Å². The Kier molecular flexibility index (Phi) is 4.93. The maximum atomic E-state index is 12.7. The van der Waals surface area contributed by atoms with Gasteiger partial charge in [-0.25, -0.2) is 8.42 Å². The van der Waals surface area contributed by atoms with Gasteiger partial charge in [-0.3, -0.25) is 4.31 Å². The van der Waals surface area contributed by atoms with Gasteiger partial charge in [0.25, 0.3) is 10.0 Å². The predicted molar refractivity (Wildman–Crippen MR) is 87.6 cm³/mol. The fraction of sp³-hybridized carbons (Fsp3) is 0.0667. The van der Waals surface area contributed by atoms with E-state index in [9.17, 15) is 8.42 Å². The minimum atomic E-state index is -3.69. The first-order chi connectivity index (χ1) is 9.95. The van der Waals surface area contributed by atoms with Crippen LogP contribution in [0, 0.1) is 0 Å². The first kappa shape index (κ1) is 15.9. The van der Waals surface area contributed by atoms with E-state index in [2.05, 4.69) is 6.58 Å². The molecule has 110 valence electrons. The zero-order chi connectivity index (χ0) is 15.5. The van der Waals surface area contributed by atoms with Crippen molar-refractivity contribution in [2.45, 2.75) is 4.90 Å². The van der Waals surface area contributed by atoms with E-state index in [-0.39, 0.29) is 11.4 Å². The molecular formula is C15H13Cl2NO2S. The summed E-state index contributed by atoms with van der Waals surface area (Å²) < 4.78 is 26.7. The lowest BCUT2D eigenvalue weighted by Crippen LogP contribution is -2.31. The summed E-state index contributed by atoms with van der Waals surface area (Å²) in [6, 6.07) is 12.6. The van der Waals surface area contributed by atoms with E-state index < -0.39 is 10.0 Å². The Morgan fingerprint density at radius 2 is 1.43 bits per heavy atom. The molecule has 0 atom stereocenters. The Labute approximate surface area is 134 Å². The van der Waals surface area contributed by atoms with Crippen LogP contribution in [-0.4, -0.2) is 15.0 Å². The van der Waals surface area contributed by atoms with Gasteiger partial charge in [-0.2, -0.15) is 0 Å². The van der Waals surface area contributed by atoms with Gasteiger partial charge in [-0.1, -0.05) is 29.3 Å². The zero-order valence-electron chi connectivity index (χ0n) is 11.0. The number of nitrogens with zero attached hydrogens (tertiary/aromatic N) is 1. The van der Waals surface area contributed by atoms with Crippen molar-refractivity contribution in [2.24, 2.45) is 0 Å². The third-order valence-electron chi connectivity index (χ3n) is 2.81. The molecule has 0 aliphatic heterocycles. The first-order valence-corrected chi connectivity index (χ1v) is 8.29. The van der Waals surface area contributed by atoms with E-state index in [1.807, 2.05) is 0 Å². The zero-order valence-corrected chi connectivity index (χ0v) is 13.4. The van der Waals surface area contributed by atoms with E-state index in [1.54, 1.807) is 36.4 Å². The van der Waals surface area contributed by atoms with Gasteiger partial charge in [0.1, 0.15) is 0 Å². The lowest BCUT2D eigenvalue weighted by Gasteiger charge is -2.23. The van der Waals surface area contributed by atoms with E-state index in [1.165, 1.54) is 22.5 Å². The molecule has 0 N–H and O–H groups in total. The highest BCUT2D eigenvalue weighted by atomic mass is 35.5. The van der Waals surface area contributed by atoms with Gasteiger partial charge < -0.3 is 0 Å². The van der Waals surface area contributed by atoms with Crippen LogP contribution >= 0.6 is 23.2 Å². The highest BCUT2D eigenvalue weighted by Gasteiger charge is 2.23. The van der Waals surface area contributed by atoms with Crippen molar-refractivity contribution in [3.05, 3.63) is 71.2 Å². The quantitative estimate of drug-likeness (QED) is 0.757. The molecule has 0 aliphatic carbocycles. The van der Waals surface area contributed by atoms with Crippen LogP contribution < -0.4 is 4.31 Å². The molecule has 0 bridgehead atoms. The molecule has 0 saturated carbocycles. The summed E-state index contributed by atoms with van der Waals surface area (Å²) in [5, 5.41) is 1.02. The molecule has 0 aromatic heterocycles. The molecule has 2 aromatic rings. The summed E-state index contributed by atoms with van der Waals surface area (Å²) >= 11 is 11.6. The van der Waals surface area contributed by atoms with Crippen LogP contribution in [0.1, 0.15) is 0 Å². The second-order valence-electron chi connectivity index (χ2n) is 4.26. The molecule has 6 heteroatoms. The lowest BCUT2D eigenvalue weighted by atomic mass is 10.3. The summed E-state index contributed by atoms with van der Waals surface area (Å²) in [6.07, 6.45) is 1.53. The minimum Gasteiger partial charge on any atom is -0.263 e. The fourth-order valence-corrected chi connectivity index (χ4v) is 3.49. The third kappa shape index (κ3) is 3.59. The second kappa shape index (κ2) is 6.52. The topological polar surface area (TPSA) is 37.4 Å². The second-order valence-corrected chi connectivity index (χ2v) is 6.99. The van der Waals surface area contributed by atoms with Gasteiger partial charge in [-0.15, -0.1) is 6.58 Å². The van der Waals surface area contributed by atoms with Crippen LogP contribution in [0.15, 0.2) is 66.1 Å². The van der Waals surface area contributed by atoms with Crippen molar-refractivity contribution < 1.29 is 8.42 Å². The van der Waals surface area contributed by atoms with Crippen molar-refractivity contribution in [2.75, 3.05) is 10.8 Å². The SMILES string of the molecule is C=CCN(c1ccc(Cl)cc1)S(=O)(=O)c1ccc(Cl)cc1. The van der Waals surface area contributed by atoms with Crippen LogP contribution in [0.5, 0.6) is 0 Å². The molecule has 0 unspecified atom stereocenters. The van der Waals surface area contributed by atoms with Crippen LogP contribution in [0.3, 0.4) is 0 Å². The van der Waals surface area contributed by atoms with Crippen LogP contribution in [0.2, 0.25) is 10.0 Å². The van der Waals surface area contributed by atoms with Crippen molar-refractivity contribution in [1.82, 2.24) is 0 Å². The highest BCUT2D eigenvalue weighted by molar-refractivity contribution is 7.92. The Balaban J connectivity index is 2.47. The van der Waals surface area contributed by atoms with Gasteiger partial charge >= 0.3 is 0 Å². The highest BCUT2D eigenvalue weighted by Crippen LogP contribution is 2.25. The smallest absolute Gasteiger partial charge is 0.263 e. The minimum absolute atomic E-state index is 0.159. The molecule has 0 saturated heterocycles. The molecule has 0 amide bonds. The lowest BCUT2D eigenvalue weighted by molar-refractivity contribution is 0.593. The summed E-state index contributed by atoms with van der Waals surface area (Å²) in [5.74, 6) is 0. The van der Waals surface area contributed by atoms with Gasteiger partial charge in [0.2, 0.25) is 0 Å². The van der Waals surface area contributed by atoms with E-state index in [4.69, 9.17) is 23.2 Å². The Bertz CT molecular complexity index is 725. The Morgan fingerprint density at radius 3 is 1.90 bits per heavy atom. The van der Waals surface area contributed by atoms with E-state index in [0.717, 1.165) is 0 Å². The van der Waals surface area contributed by atoms with E-state index in [0.29, 0.717) is 15.7 Å². The summed E-state index contributed by atoms with van der Waals surface area (Å²) in [7, 11) is -3.69. The van der Waals surface area contributed by atoms with Gasteiger partial charge in [0, 0.05) is 10.0 Å². The van der Waals surface area contributed by atoms with Crippen LogP contribution in [0.4, 0.5) is 5.69 Å². The average Bonchev–Trinajstić information content (AvgIpc) is 2.46. The van der Waals surface area contributed by atoms with Crippen molar-refractivity contribution in [3.8, 4) is 0 Å². The molecular weight excluding hydrogens is 329 g/mol. The Hall–Kier alpha value is -1.49. The monoisotopic (exact) mass is 341 g/mol. The normalized spacial score (nSPS) is 11.1. The molecule has 3 nitrogen and oxygen atoms in total. The molecule has 0 fully saturated rings. The molecule has 0 heterocycles. The molecule has 0 radical (unpaired) electrons. The number of hydrogen-bond acceptors (Lipinski definition) is 2. The Morgan fingerprint density at radius 1 is 0.952 bits per heavy atom. The molecule has 21 heavy (non-hydrogen) atoms. The van der Waals surface area contributed by atoms with Crippen LogP contribution in [-0.2, 0) is 10.0 Å². The van der Waals surface area contributed by atoms with Crippen molar-refractivity contribution in [3.63, 3.8) is 0 Å². The van der Waals surface area contributed by atoms with Crippen molar-refractivity contribution in [1.29, 1.82) is 0 Å². The number of sulfonamides is 1. The molecule has 0 spiro atoms. The maximum absolute atomic E-state index is 12.7. The number of benzene rings is 2. The summed E-state index contributed by atoms with van der Waals surface area (Å²) in [6.45, 7) is 3.77. The molecule has 0 aliphatic rings. The first-order valence-electron chi connectivity index (χ1n) is 6.10. The average molecular weight is 342 g/mol. The summed E-state index contributed by atoms with van der Waals surface area (Å²) in [5.41, 5.74) is 0.522. The molecule has 2 aromatic carbocycles. The third-order valence-corrected chi connectivity index (χ3v) is 5.12. The van der Waals surface area contributed by atoms with Gasteiger partial charge in [0.05, 0.1) is 17.1 Å².